The molecular weight excluding hydrogens is 290 g/mol. The van der Waals surface area contributed by atoms with Crippen molar-refractivity contribution in [2.45, 2.75) is 6.92 Å². The molecule has 1 heterocycles. The van der Waals surface area contributed by atoms with Crippen LogP contribution in [0.3, 0.4) is 0 Å². The number of carbonyl (C=O) groups excluding carboxylic acids is 1. The van der Waals surface area contributed by atoms with Gasteiger partial charge in [0.25, 0.3) is 5.91 Å². The van der Waals surface area contributed by atoms with Crippen LogP contribution in [0.2, 0.25) is 0 Å². The molecule has 0 atom stereocenters. The number of amides is 1. The normalized spacial score (nSPS) is 17.0. The van der Waals surface area contributed by atoms with E-state index in [1.165, 1.54) is 0 Å². The zero-order chi connectivity index (χ0) is 15.5. The first kappa shape index (κ1) is 15.5. The molecule has 1 aliphatic heterocycles. The second-order valence-electron chi connectivity index (χ2n) is 4.93. The number of aliphatic hydroxyl groups excluding tert-OH is 1. The average Bonchev–Trinajstić information content (AvgIpc) is 2.46. The number of sulfone groups is 1. The van der Waals surface area contributed by atoms with Gasteiger partial charge in [-0.3, -0.25) is 4.79 Å². The first-order valence-electron chi connectivity index (χ1n) is 6.63. The Hall–Kier alpha value is -1.84. The Balaban J connectivity index is 2.20. The monoisotopic (exact) mass is 307 g/mol. The van der Waals surface area contributed by atoms with E-state index >= 15 is 0 Å². The summed E-state index contributed by atoms with van der Waals surface area (Å²) >= 11 is 0. The van der Waals surface area contributed by atoms with Gasteiger partial charge in [0.2, 0.25) is 0 Å². The van der Waals surface area contributed by atoms with E-state index in [2.05, 4.69) is 11.8 Å². The van der Waals surface area contributed by atoms with Crippen LogP contribution in [0.4, 0.5) is 0 Å². The molecule has 1 saturated heterocycles. The van der Waals surface area contributed by atoms with Crippen molar-refractivity contribution >= 4 is 15.7 Å². The van der Waals surface area contributed by atoms with Gasteiger partial charge in [0, 0.05) is 24.2 Å². The van der Waals surface area contributed by atoms with Crippen molar-refractivity contribution in [2.75, 3.05) is 31.2 Å². The van der Waals surface area contributed by atoms with E-state index in [9.17, 15) is 13.2 Å². The summed E-state index contributed by atoms with van der Waals surface area (Å²) in [5.74, 6) is 5.22. The summed E-state index contributed by atoms with van der Waals surface area (Å²) in [4.78, 5) is 13.9. The summed E-state index contributed by atoms with van der Waals surface area (Å²) in [6.07, 6.45) is 0. The molecule has 21 heavy (non-hydrogen) atoms. The summed E-state index contributed by atoms with van der Waals surface area (Å²) in [6.45, 7) is 2.10. The maximum Gasteiger partial charge on any atom is 0.253 e. The molecule has 1 amide bonds. The summed E-state index contributed by atoms with van der Waals surface area (Å²) < 4.78 is 22.8. The van der Waals surface area contributed by atoms with Gasteiger partial charge in [-0.05, 0) is 24.6 Å². The van der Waals surface area contributed by atoms with Gasteiger partial charge < -0.3 is 10.0 Å². The smallest absolute Gasteiger partial charge is 0.253 e. The van der Waals surface area contributed by atoms with E-state index in [-0.39, 0.29) is 37.1 Å². The summed E-state index contributed by atoms with van der Waals surface area (Å²) in [5.41, 5.74) is 2.11. The fourth-order valence-electron chi connectivity index (χ4n) is 2.12. The second kappa shape index (κ2) is 6.29. The molecule has 0 saturated carbocycles. The lowest BCUT2D eigenvalue weighted by molar-refractivity contribution is 0.0770. The first-order valence-corrected chi connectivity index (χ1v) is 8.45. The number of benzene rings is 1. The molecule has 0 spiro atoms. The van der Waals surface area contributed by atoms with Crippen molar-refractivity contribution in [1.29, 1.82) is 0 Å². The van der Waals surface area contributed by atoms with E-state index in [0.717, 1.165) is 5.56 Å². The van der Waals surface area contributed by atoms with E-state index in [1.54, 1.807) is 23.1 Å². The Bertz CT molecular complexity index is 699. The number of nitrogens with zero attached hydrogens (tertiary/aromatic N) is 1. The Morgan fingerprint density at radius 2 is 2.00 bits per heavy atom. The SMILES string of the molecule is Cc1ccc(C(=O)N2CCS(=O)(=O)CC2)cc1C#CCO. The minimum Gasteiger partial charge on any atom is -0.384 e. The van der Waals surface area contributed by atoms with Gasteiger partial charge in [-0.1, -0.05) is 17.9 Å². The predicted octanol–water partition coefficient (Wildman–Crippen LogP) is 0.209. The Labute approximate surface area is 124 Å². The summed E-state index contributed by atoms with van der Waals surface area (Å²) in [6, 6.07) is 5.20. The highest BCUT2D eigenvalue weighted by Crippen LogP contribution is 2.14. The van der Waals surface area contributed by atoms with Crippen LogP contribution < -0.4 is 0 Å². The zero-order valence-electron chi connectivity index (χ0n) is 11.8. The highest BCUT2D eigenvalue weighted by Gasteiger charge is 2.25. The van der Waals surface area contributed by atoms with Gasteiger partial charge in [-0.15, -0.1) is 0 Å². The van der Waals surface area contributed by atoms with Crippen molar-refractivity contribution in [3.8, 4) is 11.8 Å². The van der Waals surface area contributed by atoms with Gasteiger partial charge >= 0.3 is 0 Å². The van der Waals surface area contributed by atoms with Gasteiger partial charge in [-0.2, -0.15) is 0 Å². The highest BCUT2D eigenvalue weighted by atomic mass is 32.2. The van der Waals surface area contributed by atoms with Gasteiger partial charge in [0.15, 0.2) is 9.84 Å². The first-order chi connectivity index (χ1) is 9.93. The average molecular weight is 307 g/mol. The molecule has 0 radical (unpaired) electrons. The van der Waals surface area contributed by atoms with E-state index in [1.807, 2.05) is 6.92 Å². The molecule has 0 aliphatic carbocycles. The maximum atomic E-state index is 12.4. The van der Waals surface area contributed by atoms with E-state index in [0.29, 0.717) is 11.1 Å². The van der Waals surface area contributed by atoms with E-state index < -0.39 is 9.84 Å². The lowest BCUT2D eigenvalue weighted by atomic mass is 10.0. The van der Waals surface area contributed by atoms with Crippen LogP contribution in [0.25, 0.3) is 0 Å². The number of hydrogen-bond donors (Lipinski definition) is 1. The topological polar surface area (TPSA) is 74.7 Å². The zero-order valence-corrected chi connectivity index (χ0v) is 12.6. The van der Waals surface area contributed by atoms with Gasteiger partial charge in [-0.25, -0.2) is 8.42 Å². The minimum atomic E-state index is -3.00. The molecule has 0 bridgehead atoms. The van der Waals surface area contributed by atoms with Gasteiger partial charge in [0.1, 0.15) is 6.61 Å². The molecule has 1 aromatic rings. The van der Waals surface area contributed by atoms with Crippen molar-refractivity contribution in [3.05, 3.63) is 34.9 Å². The third-order valence-corrected chi connectivity index (χ3v) is 5.03. The Morgan fingerprint density at radius 1 is 1.33 bits per heavy atom. The van der Waals surface area contributed by atoms with Crippen molar-refractivity contribution in [1.82, 2.24) is 4.90 Å². The van der Waals surface area contributed by atoms with Crippen LogP contribution in [0.5, 0.6) is 0 Å². The van der Waals surface area contributed by atoms with Crippen LogP contribution in [-0.2, 0) is 9.84 Å². The lowest BCUT2D eigenvalue weighted by Crippen LogP contribution is -2.43. The maximum absolute atomic E-state index is 12.4. The standard InChI is InChI=1S/C15H17NO4S/c1-12-4-5-14(11-13(12)3-2-8-17)15(18)16-6-9-21(19,20)10-7-16/h4-5,11,17H,6-10H2,1H3. The summed E-state index contributed by atoms with van der Waals surface area (Å²) in [5, 5.41) is 8.74. The number of aryl methyl sites for hydroxylation is 1. The molecule has 6 heteroatoms. The number of aliphatic hydroxyl groups is 1. The summed E-state index contributed by atoms with van der Waals surface area (Å²) in [7, 11) is -3.00. The molecule has 112 valence electrons. The van der Waals surface area contributed by atoms with Crippen molar-refractivity contribution < 1.29 is 18.3 Å². The van der Waals surface area contributed by atoms with Gasteiger partial charge in [0.05, 0.1) is 11.5 Å². The fraction of sp³-hybridized carbons (Fsp3) is 0.400. The Kier molecular flexibility index (Phi) is 4.66. The van der Waals surface area contributed by atoms with Crippen LogP contribution in [-0.4, -0.2) is 55.5 Å². The molecule has 0 aromatic heterocycles. The molecule has 2 rings (SSSR count). The molecule has 1 N–H and O–H groups in total. The van der Waals surface area contributed by atoms with Crippen molar-refractivity contribution in [2.24, 2.45) is 0 Å². The fourth-order valence-corrected chi connectivity index (χ4v) is 3.32. The number of hydrogen-bond acceptors (Lipinski definition) is 4. The van der Waals surface area contributed by atoms with Crippen LogP contribution in [0.1, 0.15) is 21.5 Å². The third kappa shape index (κ3) is 3.84. The largest absolute Gasteiger partial charge is 0.384 e. The van der Waals surface area contributed by atoms with Crippen LogP contribution in [0.15, 0.2) is 18.2 Å². The molecule has 1 aliphatic rings. The highest BCUT2D eigenvalue weighted by molar-refractivity contribution is 7.91. The lowest BCUT2D eigenvalue weighted by Gasteiger charge is -2.26. The number of rotatable bonds is 1. The Morgan fingerprint density at radius 3 is 2.62 bits per heavy atom. The molecule has 1 fully saturated rings. The molecule has 5 nitrogen and oxygen atoms in total. The second-order valence-corrected chi connectivity index (χ2v) is 7.24. The molecular formula is C15H17NO4S. The third-order valence-electron chi connectivity index (χ3n) is 3.42. The minimum absolute atomic E-state index is 0.0157. The quantitative estimate of drug-likeness (QED) is 0.753. The van der Waals surface area contributed by atoms with Crippen molar-refractivity contribution in [3.63, 3.8) is 0 Å². The van der Waals surface area contributed by atoms with Crippen LogP contribution in [0, 0.1) is 18.8 Å². The van der Waals surface area contributed by atoms with E-state index in [4.69, 9.17) is 5.11 Å². The number of carbonyl (C=O) groups is 1. The predicted molar refractivity (Wildman–Crippen MR) is 79.7 cm³/mol. The molecule has 1 aromatic carbocycles. The molecule has 0 unspecified atom stereocenters. The van der Waals surface area contributed by atoms with Crippen LogP contribution >= 0.6 is 0 Å².